The lowest BCUT2D eigenvalue weighted by Gasteiger charge is -2.33. The maximum Gasteiger partial charge on any atom is 0.338 e. The fourth-order valence-electron chi connectivity index (χ4n) is 3.83. The second kappa shape index (κ2) is 6.38. The zero-order chi connectivity index (χ0) is 17.4. The average Bonchev–Trinajstić information content (AvgIpc) is 3.30. The first-order valence-corrected chi connectivity index (χ1v) is 8.80. The number of hydrogen-bond donors (Lipinski definition) is 1. The van der Waals surface area contributed by atoms with Crippen LogP contribution in [0.3, 0.4) is 0 Å². The molecular formula is C18H21N3O4. The van der Waals surface area contributed by atoms with E-state index in [1.54, 1.807) is 17.0 Å². The molecule has 0 spiro atoms. The van der Waals surface area contributed by atoms with E-state index in [1.807, 2.05) is 6.07 Å². The molecule has 0 unspecified atom stereocenters. The number of esters is 1. The molecule has 3 heterocycles. The predicted octanol–water partition coefficient (Wildman–Crippen LogP) is 1.39. The summed E-state index contributed by atoms with van der Waals surface area (Å²) >= 11 is 0. The van der Waals surface area contributed by atoms with Gasteiger partial charge < -0.3 is 19.9 Å². The van der Waals surface area contributed by atoms with E-state index in [9.17, 15) is 14.4 Å². The van der Waals surface area contributed by atoms with Crippen LogP contribution in [0.1, 0.15) is 36.0 Å². The summed E-state index contributed by atoms with van der Waals surface area (Å²) in [6, 6.07) is 5.05. The number of likely N-dealkylation sites (tertiary alicyclic amines) is 1. The van der Waals surface area contributed by atoms with Crippen LogP contribution in [0.2, 0.25) is 0 Å². The second-order valence-corrected chi connectivity index (χ2v) is 6.74. The third kappa shape index (κ3) is 2.94. The van der Waals surface area contributed by atoms with Crippen LogP contribution >= 0.6 is 0 Å². The van der Waals surface area contributed by atoms with Crippen molar-refractivity contribution in [2.45, 2.75) is 31.7 Å². The van der Waals surface area contributed by atoms with Crippen LogP contribution < -0.4 is 10.2 Å². The highest BCUT2D eigenvalue weighted by Gasteiger charge is 2.36. The van der Waals surface area contributed by atoms with Crippen LogP contribution in [0.25, 0.3) is 0 Å². The average molecular weight is 343 g/mol. The molecule has 1 atom stereocenters. The first kappa shape index (κ1) is 15.9. The van der Waals surface area contributed by atoms with E-state index in [-0.39, 0.29) is 24.5 Å². The second-order valence-electron chi connectivity index (χ2n) is 6.74. The maximum atomic E-state index is 12.2. The number of hydrogen-bond acceptors (Lipinski definition) is 5. The number of carbonyl (C=O) groups excluding carboxylic acids is 3. The van der Waals surface area contributed by atoms with Gasteiger partial charge in [-0.25, -0.2) is 4.79 Å². The third-order valence-electron chi connectivity index (χ3n) is 5.14. The van der Waals surface area contributed by atoms with Crippen molar-refractivity contribution in [3.05, 3.63) is 23.8 Å². The Balaban J connectivity index is 1.44. The fraction of sp³-hybridized carbons (Fsp3) is 0.500. The van der Waals surface area contributed by atoms with Crippen molar-refractivity contribution in [1.29, 1.82) is 0 Å². The molecule has 1 aromatic carbocycles. The van der Waals surface area contributed by atoms with E-state index in [0.29, 0.717) is 11.3 Å². The Morgan fingerprint density at radius 2 is 1.96 bits per heavy atom. The summed E-state index contributed by atoms with van der Waals surface area (Å²) in [6.07, 6.45) is 3.84. The highest BCUT2D eigenvalue weighted by atomic mass is 16.5. The van der Waals surface area contributed by atoms with Gasteiger partial charge in [0.25, 0.3) is 5.91 Å². The number of benzene rings is 1. The molecule has 7 heteroatoms. The van der Waals surface area contributed by atoms with E-state index in [4.69, 9.17) is 4.74 Å². The van der Waals surface area contributed by atoms with Gasteiger partial charge in [0, 0.05) is 19.6 Å². The number of carbonyl (C=O) groups is 3. The molecule has 0 bridgehead atoms. The third-order valence-corrected chi connectivity index (χ3v) is 5.14. The molecule has 7 nitrogen and oxygen atoms in total. The Hall–Kier alpha value is -2.57. The lowest BCUT2D eigenvalue weighted by Crippen LogP contribution is -2.43. The number of anilines is 2. The van der Waals surface area contributed by atoms with E-state index in [1.165, 1.54) is 0 Å². The van der Waals surface area contributed by atoms with E-state index in [2.05, 4.69) is 10.2 Å². The Bertz CT molecular complexity index is 727. The molecule has 2 amide bonds. The van der Waals surface area contributed by atoms with Crippen LogP contribution in [-0.2, 0) is 14.3 Å². The molecule has 2 fully saturated rings. The molecule has 1 N–H and O–H groups in total. The summed E-state index contributed by atoms with van der Waals surface area (Å²) in [7, 11) is 0. The lowest BCUT2D eigenvalue weighted by molar-refractivity contribution is -0.133. The number of nitrogens with one attached hydrogen (secondary N) is 1. The molecule has 3 aliphatic rings. The molecule has 2 saturated heterocycles. The largest absolute Gasteiger partial charge is 0.452 e. The number of fused-ring (bicyclic) bond motifs is 3. The summed E-state index contributed by atoms with van der Waals surface area (Å²) in [5.41, 5.74) is 1.90. The zero-order valence-electron chi connectivity index (χ0n) is 14.0. The number of amides is 2. The first-order chi connectivity index (χ1) is 12.1. The summed E-state index contributed by atoms with van der Waals surface area (Å²) in [4.78, 5) is 40.2. The SMILES string of the molecule is O=C(OCC(=O)N1CCCC1)c1ccc2c(c1)NC(=O)[C@H]1CCCN21. The van der Waals surface area contributed by atoms with E-state index in [0.717, 1.165) is 51.0 Å². The van der Waals surface area contributed by atoms with Gasteiger partial charge in [-0.15, -0.1) is 0 Å². The minimum absolute atomic E-state index is 0.0280. The lowest BCUT2D eigenvalue weighted by atomic mass is 10.1. The molecule has 25 heavy (non-hydrogen) atoms. The van der Waals surface area contributed by atoms with Crippen molar-refractivity contribution in [2.24, 2.45) is 0 Å². The van der Waals surface area contributed by atoms with Crippen LogP contribution in [0.5, 0.6) is 0 Å². The molecule has 3 aliphatic heterocycles. The zero-order valence-corrected chi connectivity index (χ0v) is 14.0. The summed E-state index contributed by atoms with van der Waals surface area (Å²) < 4.78 is 5.15. The van der Waals surface area contributed by atoms with Gasteiger partial charge in [-0.2, -0.15) is 0 Å². The molecular weight excluding hydrogens is 322 g/mol. The van der Waals surface area contributed by atoms with Gasteiger partial charge in [0.15, 0.2) is 6.61 Å². The topological polar surface area (TPSA) is 79.0 Å². The monoisotopic (exact) mass is 343 g/mol. The smallest absolute Gasteiger partial charge is 0.338 e. The van der Waals surface area contributed by atoms with Crippen LogP contribution in [0.4, 0.5) is 11.4 Å². The predicted molar refractivity (Wildman–Crippen MR) is 91.5 cm³/mol. The highest BCUT2D eigenvalue weighted by Crippen LogP contribution is 2.37. The van der Waals surface area contributed by atoms with Crippen LogP contribution in [0.15, 0.2) is 18.2 Å². The number of nitrogens with zero attached hydrogens (tertiary/aromatic N) is 2. The minimum atomic E-state index is -0.548. The van der Waals surface area contributed by atoms with Crippen molar-refractivity contribution in [2.75, 3.05) is 36.5 Å². The van der Waals surface area contributed by atoms with E-state index >= 15 is 0 Å². The van der Waals surface area contributed by atoms with Crippen molar-refractivity contribution >= 4 is 29.2 Å². The molecule has 0 saturated carbocycles. The standard InChI is InChI=1S/C18H21N3O4/c22-16(20-7-1-2-8-20)11-25-18(24)12-5-6-14-13(10-12)19-17(23)15-4-3-9-21(14)15/h5-6,10,15H,1-4,7-9,11H2,(H,19,23)/t15-/m1/s1. The summed E-state index contributed by atoms with van der Waals surface area (Å²) in [6.45, 7) is 2.08. The van der Waals surface area contributed by atoms with Crippen molar-refractivity contribution in [1.82, 2.24) is 4.90 Å². The van der Waals surface area contributed by atoms with Gasteiger partial charge >= 0.3 is 5.97 Å². The summed E-state index contributed by atoms with van der Waals surface area (Å²) in [5, 5.41) is 2.87. The van der Waals surface area contributed by atoms with Crippen molar-refractivity contribution in [3.63, 3.8) is 0 Å². The molecule has 0 aromatic heterocycles. The van der Waals surface area contributed by atoms with Gasteiger partial charge in [-0.3, -0.25) is 9.59 Å². The number of rotatable bonds is 3. The normalized spacial score (nSPS) is 21.6. The van der Waals surface area contributed by atoms with Gasteiger partial charge in [-0.05, 0) is 43.9 Å². The Labute approximate surface area is 145 Å². The maximum absolute atomic E-state index is 12.2. The van der Waals surface area contributed by atoms with Gasteiger partial charge in [0.1, 0.15) is 6.04 Å². The van der Waals surface area contributed by atoms with Gasteiger partial charge in [0.2, 0.25) is 5.91 Å². The molecule has 4 rings (SSSR count). The van der Waals surface area contributed by atoms with Crippen molar-refractivity contribution < 1.29 is 19.1 Å². The van der Waals surface area contributed by atoms with Crippen LogP contribution in [0, 0.1) is 0 Å². The quantitative estimate of drug-likeness (QED) is 0.839. The highest BCUT2D eigenvalue weighted by molar-refractivity contribution is 6.05. The molecule has 0 radical (unpaired) electrons. The first-order valence-electron chi connectivity index (χ1n) is 8.80. The molecule has 0 aliphatic carbocycles. The van der Waals surface area contributed by atoms with Gasteiger partial charge in [-0.1, -0.05) is 0 Å². The minimum Gasteiger partial charge on any atom is -0.452 e. The number of ether oxygens (including phenoxy) is 1. The van der Waals surface area contributed by atoms with Crippen molar-refractivity contribution in [3.8, 4) is 0 Å². The van der Waals surface area contributed by atoms with Gasteiger partial charge in [0.05, 0.1) is 16.9 Å². The Kier molecular flexibility index (Phi) is 4.07. The van der Waals surface area contributed by atoms with Crippen LogP contribution in [-0.4, -0.2) is 55.0 Å². The summed E-state index contributed by atoms with van der Waals surface area (Å²) in [5.74, 6) is -0.732. The Morgan fingerprint density at radius 3 is 2.76 bits per heavy atom. The molecule has 1 aromatic rings. The van der Waals surface area contributed by atoms with E-state index < -0.39 is 5.97 Å². The molecule has 132 valence electrons. The fourth-order valence-corrected chi connectivity index (χ4v) is 3.83. The Morgan fingerprint density at radius 1 is 1.16 bits per heavy atom.